The molecule has 102 valence electrons. The molecule has 0 amide bonds. The highest BCUT2D eigenvalue weighted by atomic mass is 79.9. The molecule has 0 saturated carbocycles. The molecule has 4 heteroatoms. The number of halogens is 1. The lowest BCUT2D eigenvalue weighted by Crippen LogP contribution is -2.17. The van der Waals surface area contributed by atoms with E-state index in [2.05, 4.69) is 40.2 Å². The zero-order valence-corrected chi connectivity index (χ0v) is 13.2. The van der Waals surface area contributed by atoms with E-state index >= 15 is 0 Å². The third kappa shape index (κ3) is 2.73. The van der Waals surface area contributed by atoms with Crippen LogP contribution in [0.15, 0.2) is 58.4 Å². The van der Waals surface area contributed by atoms with Crippen molar-refractivity contribution in [3.05, 3.63) is 63.3 Å². The molecule has 0 bridgehead atoms. The molecule has 1 aromatic heterocycles. The number of hydrogen-bond donors (Lipinski definition) is 1. The summed E-state index contributed by atoms with van der Waals surface area (Å²) in [6, 6.07) is 16.4. The Morgan fingerprint density at radius 1 is 1.15 bits per heavy atom. The molecule has 2 N–H and O–H groups in total. The van der Waals surface area contributed by atoms with Crippen molar-refractivity contribution in [1.29, 1.82) is 0 Å². The van der Waals surface area contributed by atoms with Crippen LogP contribution in [0.5, 0.6) is 5.75 Å². The van der Waals surface area contributed by atoms with Gasteiger partial charge in [0, 0.05) is 26.7 Å². The standard InChI is InChI=1S/C16H14BrNOS/c17-12-8-16(20-10-12)15(9-18)19-14-7-3-5-11-4-1-2-6-13(11)14/h1-8,10,15H,9,18H2. The zero-order valence-electron chi connectivity index (χ0n) is 10.8. The van der Waals surface area contributed by atoms with Gasteiger partial charge in [0.15, 0.2) is 0 Å². The number of fused-ring (bicyclic) bond motifs is 1. The first-order valence-corrected chi connectivity index (χ1v) is 8.03. The monoisotopic (exact) mass is 347 g/mol. The number of nitrogens with two attached hydrogens (primary N) is 1. The van der Waals surface area contributed by atoms with Gasteiger partial charge in [-0.15, -0.1) is 11.3 Å². The van der Waals surface area contributed by atoms with Gasteiger partial charge in [-0.3, -0.25) is 0 Å². The molecule has 1 atom stereocenters. The second-order valence-corrected chi connectivity index (χ2v) is 6.35. The number of benzene rings is 2. The van der Waals surface area contributed by atoms with Crippen molar-refractivity contribution >= 4 is 38.0 Å². The van der Waals surface area contributed by atoms with Gasteiger partial charge in [0.05, 0.1) is 0 Å². The summed E-state index contributed by atoms with van der Waals surface area (Å²) < 4.78 is 7.21. The summed E-state index contributed by atoms with van der Waals surface area (Å²) >= 11 is 5.12. The molecule has 1 heterocycles. The van der Waals surface area contributed by atoms with Crippen LogP contribution in [0.25, 0.3) is 10.8 Å². The average Bonchev–Trinajstić information content (AvgIpc) is 2.91. The van der Waals surface area contributed by atoms with Crippen LogP contribution in [0.3, 0.4) is 0 Å². The summed E-state index contributed by atoms with van der Waals surface area (Å²) in [6.45, 7) is 0.455. The van der Waals surface area contributed by atoms with Crippen molar-refractivity contribution in [2.24, 2.45) is 5.73 Å². The van der Waals surface area contributed by atoms with Gasteiger partial charge in [0.2, 0.25) is 0 Å². The van der Waals surface area contributed by atoms with Crippen LogP contribution in [-0.4, -0.2) is 6.54 Å². The van der Waals surface area contributed by atoms with E-state index in [-0.39, 0.29) is 6.10 Å². The Balaban J connectivity index is 1.95. The van der Waals surface area contributed by atoms with Gasteiger partial charge < -0.3 is 10.5 Å². The van der Waals surface area contributed by atoms with Crippen LogP contribution in [0.1, 0.15) is 11.0 Å². The molecule has 0 saturated heterocycles. The molecule has 0 fully saturated rings. The van der Waals surface area contributed by atoms with Gasteiger partial charge in [-0.25, -0.2) is 0 Å². The normalized spacial score (nSPS) is 12.5. The molecule has 1 unspecified atom stereocenters. The number of ether oxygens (including phenoxy) is 1. The lowest BCUT2D eigenvalue weighted by molar-refractivity contribution is 0.221. The summed E-state index contributed by atoms with van der Waals surface area (Å²) in [5.41, 5.74) is 5.87. The fourth-order valence-corrected chi connectivity index (χ4v) is 3.66. The van der Waals surface area contributed by atoms with Crippen LogP contribution in [-0.2, 0) is 0 Å². The minimum Gasteiger partial charge on any atom is -0.483 e. The Morgan fingerprint density at radius 3 is 2.70 bits per heavy atom. The lowest BCUT2D eigenvalue weighted by atomic mass is 10.1. The van der Waals surface area contributed by atoms with Crippen molar-refractivity contribution in [2.45, 2.75) is 6.10 Å². The fourth-order valence-electron chi connectivity index (χ4n) is 2.17. The van der Waals surface area contributed by atoms with E-state index in [1.165, 1.54) is 5.39 Å². The molecule has 2 aromatic carbocycles. The number of thiophene rings is 1. The zero-order chi connectivity index (χ0) is 13.9. The Bertz CT molecular complexity index is 720. The molecular weight excluding hydrogens is 334 g/mol. The number of hydrogen-bond acceptors (Lipinski definition) is 3. The highest BCUT2D eigenvalue weighted by molar-refractivity contribution is 9.10. The molecule has 3 aromatic rings. The Kier molecular flexibility index (Phi) is 4.05. The Morgan fingerprint density at radius 2 is 1.95 bits per heavy atom. The second kappa shape index (κ2) is 5.95. The van der Waals surface area contributed by atoms with Gasteiger partial charge >= 0.3 is 0 Å². The lowest BCUT2D eigenvalue weighted by Gasteiger charge is -2.17. The van der Waals surface area contributed by atoms with E-state index in [4.69, 9.17) is 10.5 Å². The third-order valence-corrected chi connectivity index (χ3v) is 4.92. The Labute approximate surface area is 130 Å². The van der Waals surface area contributed by atoms with Crippen molar-refractivity contribution < 1.29 is 4.74 Å². The third-order valence-electron chi connectivity index (χ3n) is 3.14. The molecule has 0 aliphatic rings. The molecule has 0 aliphatic heterocycles. The minimum atomic E-state index is -0.114. The number of rotatable bonds is 4. The van der Waals surface area contributed by atoms with Crippen LogP contribution in [0.2, 0.25) is 0 Å². The van der Waals surface area contributed by atoms with Crippen LogP contribution < -0.4 is 10.5 Å². The van der Waals surface area contributed by atoms with E-state index in [9.17, 15) is 0 Å². The van der Waals surface area contributed by atoms with Gasteiger partial charge in [0.1, 0.15) is 11.9 Å². The molecule has 0 aliphatic carbocycles. The van der Waals surface area contributed by atoms with Crippen LogP contribution in [0, 0.1) is 0 Å². The van der Waals surface area contributed by atoms with E-state index in [1.807, 2.05) is 29.6 Å². The van der Waals surface area contributed by atoms with Gasteiger partial charge in [0.25, 0.3) is 0 Å². The molecule has 20 heavy (non-hydrogen) atoms. The van der Waals surface area contributed by atoms with Crippen molar-refractivity contribution in [3.63, 3.8) is 0 Å². The maximum atomic E-state index is 6.14. The molecule has 0 radical (unpaired) electrons. The summed E-state index contributed by atoms with van der Waals surface area (Å²) in [6.07, 6.45) is -0.114. The molecular formula is C16H14BrNOS. The Hall–Kier alpha value is -1.36. The van der Waals surface area contributed by atoms with E-state index in [0.29, 0.717) is 6.54 Å². The maximum Gasteiger partial charge on any atom is 0.145 e. The highest BCUT2D eigenvalue weighted by Gasteiger charge is 2.15. The van der Waals surface area contributed by atoms with Gasteiger partial charge in [-0.1, -0.05) is 36.4 Å². The predicted molar refractivity (Wildman–Crippen MR) is 88.4 cm³/mol. The molecule has 0 spiro atoms. The highest BCUT2D eigenvalue weighted by Crippen LogP contribution is 2.32. The van der Waals surface area contributed by atoms with Gasteiger partial charge in [-0.2, -0.15) is 0 Å². The maximum absolute atomic E-state index is 6.14. The average molecular weight is 348 g/mol. The largest absolute Gasteiger partial charge is 0.483 e. The minimum absolute atomic E-state index is 0.114. The fraction of sp³-hybridized carbons (Fsp3) is 0.125. The van der Waals surface area contributed by atoms with E-state index in [1.54, 1.807) is 11.3 Å². The van der Waals surface area contributed by atoms with E-state index < -0.39 is 0 Å². The van der Waals surface area contributed by atoms with Crippen molar-refractivity contribution in [3.8, 4) is 5.75 Å². The van der Waals surface area contributed by atoms with Gasteiger partial charge in [-0.05, 0) is 33.4 Å². The SMILES string of the molecule is NCC(Oc1cccc2ccccc12)c1cc(Br)cs1. The quantitative estimate of drug-likeness (QED) is 0.739. The molecule has 2 nitrogen and oxygen atoms in total. The van der Waals surface area contributed by atoms with E-state index in [0.717, 1.165) is 20.5 Å². The summed E-state index contributed by atoms with van der Waals surface area (Å²) in [5.74, 6) is 0.878. The predicted octanol–water partition coefficient (Wildman–Crippen LogP) is 4.74. The summed E-state index contributed by atoms with van der Waals surface area (Å²) in [5, 5.41) is 4.34. The first-order chi connectivity index (χ1) is 9.78. The topological polar surface area (TPSA) is 35.2 Å². The summed E-state index contributed by atoms with van der Waals surface area (Å²) in [7, 11) is 0. The first kappa shape index (κ1) is 13.6. The first-order valence-electron chi connectivity index (χ1n) is 6.36. The molecule has 3 rings (SSSR count). The van der Waals surface area contributed by atoms with Crippen molar-refractivity contribution in [1.82, 2.24) is 0 Å². The van der Waals surface area contributed by atoms with Crippen LogP contribution in [0.4, 0.5) is 0 Å². The summed E-state index contributed by atoms with van der Waals surface area (Å²) in [4.78, 5) is 1.13. The second-order valence-electron chi connectivity index (χ2n) is 4.49. The van der Waals surface area contributed by atoms with Crippen molar-refractivity contribution in [2.75, 3.05) is 6.54 Å². The smallest absolute Gasteiger partial charge is 0.145 e. The van der Waals surface area contributed by atoms with Crippen LogP contribution >= 0.6 is 27.3 Å².